The van der Waals surface area contributed by atoms with Gasteiger partial charge in [0.25, 0.3) is 20.2 Å². The fourth-order valence-electron chi connectivity index (χ4n) is 4.86. The second-order valence-corrected chi connectivity index (χ2v) is 16.9. The highest BCUT2D eigenvalue weighted by atomic mass is 32.2. The van der Waals surface area contributed by atoms with Gasteiger partial charge in [0.05, 0.1) is 50.2 Å². The summed E-state index contributed by atoms with van der Waals surface area (Å²) in [4.78, 5) is -1.58. The molecule has 56 heavy (non-hydrogen) atoms. The second kappa shape index (κ2) is 16.0. The van der Waals surface area contributed by atoms with Crippen LogP contribution in [0.1, 0.15) is 5.56 Å². The number of anilines is 2. The van der Waals surface area contributed by atoms with Crippen molar-refractivity contribution in [2.24, 2.45) is 30.7 Å². The molecule has 1 atom stereocenters. The average Bonchev–Trinajstić information content (AvgIpc) is 3.15. The minimum absolute atomic E-state index is 0.0191. The maximum atomic E-state index is 12.4. The van der Waals surface area contributed by atoms with Gasteiger partial charge in [-0.25, -0.2) is 12.6 Å². The van der Waals surface area contributed by atoms with Gasteiger partial charge in [-0.1, -0.05) is 31.4 Å². The Morgan fingerprint density at radius 3 is 1.86 bits per heavy atom. The van der Waals surface area contributed by atoms with Crippen molar-refractivity contribution in [1.82, 2.24) is 0 Å². The first-order valence-electron chi connectivity index (χ1n) is 15.2. The molecule has 23 heteroatoms. The number of methoxy groups -OCH3 is 1. The van der Waals surface area contributed by atoms with E-state index in [9.17, 15) is 43.1 Å². The second-order valence-electron chi connectivity index (χ2n) is 11.2. The summed E-state index contributed by atoms with van der Waals surface area (Å²) in [6.07, 6.45) is 0. The van der Waals surface area contributed by atoms with Crippen LogP contribution in [-0.4, -0.2) is 50.2 Å². The SMILES string of the molecule is C=CS(=O)(=O)c1ccc(OC)c(N=Nc2ccc(N=Nc3cc(S(=O)(=O)O)c(N)c(N=Nc4ccc(C(=C)S(=O)O)cc4)c3N)c3cc(S(=O)(=O)O)ccc23)c1. The van der Waals surface area contributed by atoms with E-state index in [0.29, 0.717) is 5.56 Å². The van der Waals surface area contributed by atoms with Crippen LogP contribution in [0.2, 0.25) is 0 Å². The van der Waals surface area contributed by atoms with Crippen LogP contribution in [0.5, 0.6) is 5.75 Å². The van der Waals surface area contributed by atoms with E-state index in [-0.39, 0.29) is 60.4 Å². The van der Waals surface area contributed by atoms with Crippen LogP contribution in [0.4, 0.5) is 45.5 Å². The van der Waals surface area contributed by atoms with Crippen molar-refractivity contribution in [3.63, 3.8) is 0 Å². The zero-order valence-corrected chi connectivity index (χ0v) is 31.8. The van der Waals surface area contributed by atoms with E-state index in [4.69, 9.17) is 16.2 Å². The minimum atomic E-state index is -5.00. The summed E-state index contributed by atoms with van der Waals surface area (Å²) in [5.74, 6) is 0.172. The Morgan fingerprint density at radius 1 is 0.696 bits per heavy atom. The Morgan fingerprint density at radius 2 is 1.29 bits per heavy atom. The molecule has 0 fully saturated rings. The topological polar surface area (TPSA) is 316 Å². The molecule has 0 aromatic heterocycles. The summed E-state index contributed by atoms with van der Waals surface area (Å²) in [5, 5.41) is 25.5. The average molecular weight is 841 g/mol. The number of fused-ring (bicyclic) bond motifs is 1. The zero-order valence-electron chi connectivity index (χ0n) is 28.6. The molecule has 7 N–H and O–H groups in total. The van der Waals surface area contributed by atoms with E-state index in [2.05, 4.69) is 43.8 Å². The van der Waals surface area contributed by atoms with Gasteiger partial charge in [-0.05, 0) is 66.2 Å². The lowest BCUT2D eigenvalue weighted by molar-refractivity contribution is 0.415. The third kappa shape index (κ3) is 8.89. The summed E-state index contributed by atoms with van der Waals surface area (Å²) >= 11 is -2.32. The molecule has 0 bridgehead atoms. The third-order valence-electron chi connectivity index (χ3n) is 7.73. The van der Waals surface area contributed by atoms with Gasteiger partial charge < -0.3 is 20.8 Å². The largest absolute Gasteiger partial charge is 0.494 e. The van der Waals surface area contributed by atoms with Crippen LogP contribution in [0, 0.1) is 0 Å². The van der Waals surface area contributed by atoms with Crippen LogP contribution >= 0.6 is 0 Å². The van der Waals surface area contributed by atoms with Crippen LogP contribution in [0.3, 0.4) is 0 Å². The highest BCUT2D eigenvalue weighted by molar-refractivity contribution is 7.94. The summed E-state index contributed by atoms with van der Waals surface area (Å²) in [5.41, 5.74) is 11.2. The van der Waals surface area contributed by atoms with Crippen molar-refractivity contribution < 1.29 is 47.9 Å². The molecule has 5 rings (SSSR count). The molecule has 0 amide bonds. The quantitative estimate of drug-likeness (QED) is 0.0326. The van der Waals surface area contributed by atoms with Crippen LogP contribution in [-0.2, 0) is 41.2 Å². The normalized spacial score (nSPS) is 13.1. The fraction of sp³-hybridized carbons (Fsp3) is 0.0303. The molecule has 0 aliphatic rings. The molecular weight excluding hydrogens is 813 g/mol. The van der Waals surface area contributed by atoms with Crippen molar-refractivity contribution in [3.05, 3.63) is 103 Å². The molecule has 0 aliphatic heterocycles. The van der Waals surface area contributed by atoms with E-state index >= 15 is 0 Å². The van der Waals surface area contributed by atoms with Gasteiger partial charge in [-0.2, -0.15) is 21.9 Å². The first kappa shape index (κ1) is 41.1. The molecule has 5 aromatic rings. The van der Waals surface area contributed by atoms with Gasteiger partial charge in [0, 0.05) is 16.2 Å². The van der Waals surface area contributed by atoms with Gasteiger partial charge in [0.1, 0.15) is 27.7 Å². The lowest BCUT2D eigenvalue weighted by Gasteiger charge is -2.11. The molecule has 0 saturated heterocycles. The Hall–Kier alpha value is -6.08. The molecular formula is C33H28N8O11S4. The third-order valence-corrected chi connectivity index (χ3v) is 11.5. The number of azo groups is 3. The van der Waals surface area contributed by atoms with Crippen LogP contribution in [0.25, 0.3) is 15.7 Å². The van der Waals surface area contributed by atoms with Gasteiger partial charge in [-0.3, -0.25) is 9.11 Å². The van der Waals surface area contributed by atoms with E-state index in [1.165, 1.54) is 67.8 Å². The van der Waals surface area contributed by atoms with Crippen molar-refractivity contribution >= 4 is 102 Å². The predicted molar refractivity (Wildman–Crippen MR) is 208 cm³/mol. The van der Waals surface area contributed by atoms with Crippen LogP contribution in [0.15, 0.2) is 143 Å². The van der Waals surface area contributed by atoms with Crippen molar-refractivity contribution in [1.29, 1.82) is 0 Å². The van der Waals surface area contributed by atoms with Gasteiger partial charge in [0.15, 0.2) is 20.9 Å². The van der Waals surface area contributed by atoms with E-state index in [1.54, 1.807) is 0 Å². The summed E-state index contributed by atoms with van der Waals surface area (Å²) in [7, 11) is -12.3. The number of nitrogens with zero attached hydrogens (tertiary/aromatic N) is 6. The lowest BCUT2D eigenvalue weighted by atomic mass is 10.1. The predicted octanol–water partition coefficient (Wildman–Crippen LogP) is 7.86. The Labute approximate surface area is 321 Å². The highest BCUT2D eigenvalue weighted by Gasteiger charge is 2.23. The van der Waals surface area contributed by atoms with Gasteiger partial charge >= 0.3 is 0 Å². The van der Waals surface area contributed by atoms with Crippen molar-refractivity contribution in [3.8, 4) is 5.75 Å². The number of ether oxygens (including phenoxy) is 1. The summed E-state index contributed by atoms with van der Waals surface area (Å²) in [6.45, 7) is 6.83. The first-order chi connectivity index (χ1) is 26.2. The van der Waals surface area contributed by atoms with E-state index in [1.807, 2.05) is 0 Å². The molecule has 1 unspecified atom stereocenters. The van der Waals surface area contributed by atoms with Crippen molar-refractivity contribution in [2.75, 3.05) is 18.6 Å². The van der Waals surface area contributed by atoms with E-state index < -0.39 is 62.3 Å². The first-order valence-corrected chi connectivity index (χ1v) is 20.7. The van der Waals surface area contributed by atoms with Crippen molar-refractivity contribution in [2.45, 2.75) is 14.7 Å². The smallest absolute Gasteiger partial charge is 0.296 e. The maximum Gasteiger partial charge on any atom is 0.296 e. The number of benzene rings is 5. The molecule has 0 radical (unpaired) electrons. The molecule has 0 saturated carbocycles. The Kier molecular flexibility index (Phi) is 11.7. The van der Waals surface area contributed by atoms with Gasteiger partial charge in [-0.15, -0.1) is 25.6 Å². The molecule has 0 aliphatic carbocycles. The van der Waals surface area contributed by atoms with Gasteiger partial charge in [0.2, 0.25) is 0 Å². The van der Waals surface area contributed by atoms with E-state index in [0.717, 1.165) is 23.6 Å². The molecule has 0 spiro atoms. The molecule has 19 nitrogen and oxygen atoms in total. The Bertz CT molecular complexity index is 2900. The molecule has 290 valence electrons. The number of hydrogen-bond acceptors (Lipinski definition) is 16. The standard InChI is InChI=1S/C33H28N8O11S4/c1-4-54(44,45)21-10-14-29(52-3)27(16-21)39-37-25-12-13-26(24-15-22(55(46,47)48)9-11-23(24)25)38-40-28-17-30(56(49,50)51)32(35)33(31(28)34)41-36-20-7-5-19(6-8-20)18(2)53(42)43/h4-17H,1-2,34-35H2,3H3,(H,42,43)(H,46,47,48)(H,49,50,51). The monoisotopic (exact) mass is 840 g/mol. The summed E-state index contributed by atoms with van der Waals surface area (Å²) in [6, 6.07) is 16.5. The fourth-order valence-corrected chi connectivity index (χ4v) is 7.06. The number of nitrogens with two attached hydrogens (primary N) is 2. The number of rotatable bonds is 13. The number of nitrogen functional groups attached to an aromatic ring is 2. The number of hydrogen-bond donors (Lipinski definition) is 5. The highest BCUT2D eigenvalue weighted by Crippen LogP contribution is 2.44. The Balaban J connectivity index is 1.62. The molecule has 0 heterocycles. The minimum Gasteiger partial charge on any atom is -0.494 e. The zero-order chi connectivity index (χ0) is 41.2. The number of sulfone groups is 1. The summed E-state index contributed by atoms with van der Waals surface area (Å²) < 4.78 is 119. The lowest BCUT2D eigenvalue weighted by Crippen LogP contribution is -2.05. The maximum absolute atomic E-state index is 12.4. The molecule has 5 aromatic carbocycles. The van der Waals surface area contributed by atoms with Crippen LogP contribution < -0.4 is 16.2 Å².